The molecule has 7 nitrogen and oxygen atoms in total. The minimum absolute atomic E-state index is 0. The lowest BCUT2D eigenvalue weighted by atomic mass is 10.2. The number of aryl methyl sites for hydroxylation is 1. The molecule has 0 unspecified atom stereocenters. The Hall–Kier alpha value is -1.51. The van der Waals surface area contributed by atoms with Crippen molar-refractivity contribution in [2.75, 3.05) is 26.5 Å². The molecule has 0 bridgehead atoms. The molecule has 0 fully saturated rings. The Kier molecular flexibility index (Phi) is 8.00. The van der Waals surface area contributed by atoms with Crippen molar-refractivity contribution in [3.8, 4) is 11.5 Å². The highest BCUT2D eigenvalue weighted by Crippen LogP contribution is 2.24. The van der Waals surface area contributed by atoms with Gasteiger partial charge in [0.1, 0.15) is 11.5 Å². The Morgan fingerprint density at radius 1 is 1.27 bits per heavy atom. The summed E-state index contributed by atoms with van der Waals surface area (Å²) in [6.07, 6.45) is 0. The molecule has 0 radical (unpaired) electrons. The molecule has 0 spiro atoms. The first-order valence-electron chi connectivity index (χ1n) is 6.51. The predicted molar refractivity (Wildman–Crippen MR) is 88.0 cm³/mol. The lowest BCUT2D eigenvalue weighted by molar-refractivity contribution is 0.390. The number of nitrogens with one attached hydrogen (secondary N) is 1. The molecule has 1 N–H and O–H groups in total. The van der Waals surface area contributed by atoms with Crippen molar-refractivity contribution < 1.29 is 9.47 Å². The number of ether oxygens (including phenoxy) is 2. The molecule has 1 heterocycles. The normalized spacial score (nSPS) is 10.1. The standard InChI is InChI=1S/C13H19N5O2S.ClH/c1-18-13(15-16-17-18)21-7-6-14-9-10-4-5-11(19-2)8-12(10)20-3;/h4-5,8,14H,6-7,9H2,1-3H3;1H. The molecule has 22 heavy (non-hydrogen) atoms. The fourth-order valence-electron chi connectivity index (χ4n) is 1.78. The molecule has 0 saturated heterocycles. The van der Waals surface area contributed by atoms with Crippen molar-refractivity contribution in [3.05, 3.63) is 23.8 Å². The summed E-state index contributed by atoms with van der Waals surface area (Å²) in [5, 5.41) is 15.5. The third-order valence-electron chi connectivity index (χ3n) is 2.90. The summed E-state index contributed by atoms with van der Waals surface area (Å²) in [6.45, 7) is 1.59. The van der Waals surface area contributed by atoms with Gasteiger partial charge in [-0.1, -0.05) is 17.8 Å². The van der Waals surface area contributed by atoms with E-state index < -0.39 is 0 Å². The average Bonchev–Trinajstić information content (AvgIpc) is 2.92. The van der Waals surface area contributed by atoms with Gasteiger partial charge in [-0.15, -0.1) is 17.5 Å². The van der Waals surface area contributed by atoms with E-state index in [-0.39, 0.29) is 12.4 Å². The van der Waals surface area contributed by atoms with Gasteiger partial charge in [0.05, 0.1) is 14.2 Å². The van der Waals surface area contributed by atoms with Crippen LogP contribution < -0.4 is 14.8 Å². The van der Waals surface area contributed by atoms with Gasteiger partial charge in [0, 0.05) is 37.5 Å². The molecule has 0 atom stereocenters. The number of rotatable bonds is 8. The van der Waals surface area contributed by atoms with Crippen LogP contribution in [0.1, 0.15) is 5.56 Å². The Morgan fingerprint density at radius 2 is 2.09 bits per heavy atom. The number of nitrogens with zero attached hydrogens (tertiary/aromatic N) is 4. The third-order valence-corrected chi connectivity index (χ3v) is 3.91. The summed E-state index contributed by atoms with van der Waals surface area (Å²) >= 11 is 1.62. The number of tetrazole rings is 1. The second-order valence-corrected chi connectivity index (χ2v) is 5.35. The number of hydrogen-bond donors (Lipinski definition) is 1. The average molecular weight is 346 g/mol. The Morgan fingerprint density at radius 3 is 2.73 bits per heavy atom. The van der Waals surface area contributed by atoms with Gasteiger partial charge in [-0.2, -0.15) is 0 Å². The lowest BCUT2D eigenvalue weighted by Gasteiger charge is -2.11. The van der Waals surface area contributed by atoms with Gasteiger partial charge in [0.15, 0.2) is 0 Å². The van der Waals surface area contributed by atoms with Crippen LogP contribution in [0.25, 0.3) is 0 Å². The molecule has 0 saturated carbocycles. The molecule has 2 rings (SSSR count). The largest absolute Gasteiger partial charge is 0.497 e. The van der Waals surface area contributed by atoms with Crippen LogP contribution in [0.2, 0.25) is 0 Å². The number of thioether (sulfide) groups is 1. The van der Waals surface area contributed by atoms with Gasteiger partial charge < -0.3 is 14.8 Å². The first kappa shape index (κ1) is 18.5. The number of methoxy groups -OCH3 is 2. The van der Waals surface area contributed by atoms with E-state index in [4.69, 9.17) is 9.47 Å². The first-order valence-corrected chi connectivity index (χ1v) is 7.50. The van der Waals surface area contributed by atoms with E-state index in [1.54, 1.807) is 30.7 Å². The molecular formula is C13H20ClN5O2S. The maximum absolute atomic E-state index is 5.36. The fourth-order valence-corrected chi connectivity index (χ4v) is 2.53. The highest BCUT2D eigenvalue weighted by molar-refractivity contribution is 7.99. The lowest BCUT2D eigenvalue weighted by Crippen LogP contribution is -2.17. The molecule has 9 heteroatoms. The summed E-state index contributed by atoms with van der Waals surface area (Å²) < 4.78 is 12.2. The molecule has 122 valence electrons. The molecule has 2 aromatic rings. The van der Waals surface area contributed by atoms with Gasteiger partial charge in [-0.25, -0.2) is 4.68 Å². The van der Waals surface area contributed by atoms with E-state index in [0.717, 1.165) is 41.1 Å². The van der Waals surface area contributed by atoms with E-state index in [2.05, 4.69) is 20.8 Å². The maximum atomic E-state index is 5.36. The van der Waals surface area contributed by atoms with Crippen LogP contribution in [-0.2, 0) is 13.6 Å². The van der Waals surface area contributed by atoms with Crippen molar-refractivity contribution in [3.63, 3.8) is 0 Å². The van der Waals surface area contributed by atoms with Crippen molar-refractivity contribution in [1.82, 2.24) is 25.5 Å². The van der Waals surface area contributed by atoms with Gasteiger partial charge in [0.2, 0.25) is 5.16 Å². The zero-order chi connectivity index (χ0) is 15.1. The van der Waals surface area contributed by atoms with E-state index >= 15 is 0 Å². The predicted octanol–water partition coefficient (Wildman–Crippen LogP) is 1.53. The molecule has 0 aliphatic heterocycles. The van der Waals surface area contributed by atoms with Crippen LogP contribution in [0.5, 0.6) is 11.5 Å². The SMILES string of the molecule is COc1ccc(CNCCSc2nnnn2C)c(OC)c1.Cl. The van der Waals surface area contributed by atoms with Crippen LogP contribution in [0.3, 0.4) is 0 Å². The minimum atomic E-state index is 0. The van der Waals surface area contributed by atoms with Crippen LogP contribution in [0.4, 0.5) is 0 Å². The van der Waals surface area contributed by atoms with Crippen LogP contribution in [0.15, 0.2) is 23.4 Å². The molecule has 0 aliphatic rings. The summed E-state index contributed by atoms with van der Waals surface area (Å²) in [7, 11) is 5.14. The summed E-state index contributed by atoms with van der Waals surface area (Å²) in [6, 6.07) is 5.82. The van der Waals surface area contributed by atoms with E-state index in [0.29, 0.717) is 0 Å². The summed E-state index contributed by atoms with van der Waals surface area (Å²) in [5.74, 6) is 2.51. The fraction of sp³-hybridized carbons (Fsp3) is 0.462. The zero-order valence-electron chi connectivity index (χ0n) is 12.8. The second-order valence-electron chi connectivity index (χ2n) is 4.29. The van der Waals surface area contributed by atoms with Crippen molar-refractivity contribution in [1.29, 1.82) is 0 Å². The summed E-state index contributed by atoms with van der Waals surface area (Å²) in [5.41, 5.74) is 1.10. The first-order chi connectivity index (χ1) is 10.2. The van der Waals surface area contributed by atoms with Gasteiger partial charge in [0.25, 0.3) is 0 Å². The topological polar surface area (TPSA) is 74.1 Å². The van der Waals surface area contributed by atoms with Crippen molar-refractivity contribution in [2.45, 2.75) is 11.7 Å². The van der Waals surface area contributed by atoms with E-state index in [1.165, 1.54) is 0 Å². The van der Waals surface area contributed by atoms with Gasteiger partial charge >= 0.3 is 0 Å². The smallest absolute Gasteiger partial charge is 0.209 e. The Balaban J connectivity index is 0.00000242. The Bertz CT molecular complexity index is 581. The van der Waals surface area contributed by atoms with Gasteiger partial charge in [-0.05, 0) is 16.5 Å². The number of aromatic nitrogens is 4. The quantitative estimate of drug-likeness (QED) is 0.574. The molecular weight excluding hydrogens is 326 g/mol. The monoisotopic (exact) mass is 345 g/mol. The van der Waals surface area contributed by atoms with Crippen LogP contribution in [0, 0.1) is 0 Å². The third kappa shape index (κ3) is 5.04. The molecule has 0 aliphatic carbocycles. The van der Waals surface area contributed by atoms with Gasteiger partial charge in [-0.3, -0.25) is 0 Å². The minimum Gasteiger partial charge on any atom is -0.497 e. The van der Waals surface area contributed by atoms with E-state index in [9.17, 15) is 0 Å². The molecule has 1 aromatic carbocycles. The van der Waals surface area contributed by atoms with E-state index in [1.807, 2.05) is 25.2 Å². The zero-order valence-corrected chi connectivity index (χ0v) is 14.4. The van der Waals surface area contributed by atoms with Crippen molar-refractivity contribution in [2.24, 2.45) is 7.05 Å². The molecule has 1 aromatic heterocycles. The number of benzene rings is 1. The summed E-state index contributed by atoms with van der Waals surface area (Å²) in [4.78, 5) is 0. The highest BCUT2D eigenvalue weighted by Gasteiger charge is 2.05. The maximum Gasteiger partial charge on any atom is 0.209 e. The highest BCUT2D eigenvalue weighted by atomic mass is 35.5. The number of halogens is 1. The van der Waals surface area contributed by atoms with Crippen LogP contribution >= 0.6 is 24.2 Å². The second kappa shape index (κ2) is 9.50. The number of hydrogen-bond acceptors (Lipinski definition) is 7. The van der Waals surface area contributed by atoms with Crippen LogP contribution in [-0.4, -0.2) is 46.7 Å². The van der Waals surface area contributed by atoms with Crippen molar-refractivity contribution >= 4 is 24.2 Å². The molecule has 0 amide bonds. The Labute approximate surface area is 140 Å².